The molecular formula is C14H19NO. The van der Waals surface area contributed by atoms with Crippen LogP contribution < -0.4 is 10.5 Å². The van der Waals surface area contributed by atoms with Crippen LogP contribution in [0.1, 0.15) is 25.7 Å². The number of nitrogen functional groups attached to an aromatic ring is 1. The molecule has 0 saturated heterocycles. The minimum Gasteiger partial charge on any atom is -0.491 e. The maximum absolute atomic E-state index is 5.86. The topological polar surface area (TPSA) is 35.2 Å². The molecule has 2 bridgehead atoms. The number of hydrogen-bond donors (Lipinski definition) is 1. The minimum atomic E-state index is 0.755. The fraction of sp³-hybridized carbons (Fsp3) is 0.571. The predicted molar refractivity (Wildman–Crippen MR) is 65.3 cm³/mol. The van der Waals surface area contributed by atoms with Crippen molar-refractivity contribution in [3.8, 4) is 5.75 Å². The molecule has 1 aromatic rings. The number of nitrogens with two attached hydrogens (primary N) is 1. The van der Waals surface area contributed by atoms with Crippen molar-refractivity contribution in [3.05, 3.63) is 24.3 Å². The molecule has 2 heteroatoms. The van der Waals surface area contributed by atoms with Crippen molar-refractivity contribution in [2.24, 2.45) is 17.8 Å². The summed E-state index contributed by atoms with van der Waals surface area (Å²) in [6, 6.07) is 7.78. The first-order valence-corrected chi connectivity index (χ1v) is 6.30. The molecule has 2 nitrogen and oxygen atoms in total. The molecule has 2 saturated carbocycles. The largest absolute Gasteiger partial charge is 0.491 e. The molecule has 0 spiro atoms. The molecule has 86 valence electrons. The Labute approximate surface area is 96.8 Å². The summed E-state index contributed by atoms with van der Waals surface area (Å²) in [7, 11) is 0. The summed E-state index contributed by atoms with van der Waals surface area (Å²) in [6.45, 7) is 0.857. The molecule has 3 atom stereocenters. The van der Waals surface area contributed by atoms with Crippen LogP contribution in [0.15, 0.2) is 24.3 Å². The predicted octanol–water partition coefficient (Wildman–Crippen LogP) is 3.08. The van der Waals surface area contributed by atoms with Gasteiger partial charge in [-0.3, -0.25) is 0 Å². The lowest BCUT2D eigenvalue weighted by Crippen LogP contribution is -2.18. The van der Waals surface area contributed by atoms with Gasteiger partial charge in [0.15, 0.2) is 0 Å². The van der Waals surface area contributed by atoms with Crippen LogP contribution in [0.4, 0.5) is 5.69 Å². The van der Waals surface area contributed by atoms with E-state index in [-0.39, 0.29) is 0 Å². The highest BCUT2D eigenvalue weighted by Crippen LogP contribution is 2.48. The third-order valence-corrected chi connectivity index (χ3v) is 4.26. The van der Waals surface area contributed by atoms with Crippen molar-refractivity contribution >= 4 is 5.69 Å². The third-order valence-electron chi connectivity index (χ3n) is 4.26. The standard InChI is InChI=1S/C14H19NO/c15-13-3-1-2-4-14(13)16-9-12-8-10-5-6-11(12)7-10/h1-4,10-12H,5-9,15H2. The number of benzene rings is 1. The molecule has 1 aromatic carbocycles. The molecule has 2 aliphatic carbocycles. The Balaban J connectivity index is 1.59. The van der Waals surface area contributed by atoms with Crippen LogP contribution in [0, 0.1) is 17.8 Å². The first kappa shape index (κ1) is 10.0. The lowest BCUT2D eigenvalue weighted by molar-refractivity contribution is 0.196. The van der Waals surface area contributed by atoms with Gasteiger partial charge in [-0.1, -0.05) is 18.6 Å². The Morgan fingerprint density at radius 3 is 2.75 bits per heavy atom. The zero-order chi connectivity index (χ0) is 11.0. The zero-order valence-electron chi connectivity index (χ0n) is 9.56. The van der Waals surface area contributed by atoms with Gasteiger partial charge in [-0.2, -0.15) is 0 Å². The summed E-state index contributed by atoms with van der Waals surface area (Å²) in [5.74, 6) is 3.55. The van der Waals surface area contributed by atoms with Crippen molar-refractivity contribution in [1.29, 1.82) is 0 Å². The number of rotatable bonds is 3. The second kappa shape index (κ2) is 4.00. The van der Waals surface area contributed by atoms with Gasteiger partial charge in [-0.25, -0.2) is 0 Å². The van der Waals surface area contributed by atoms with E-state index in [0.29, 0.717) is 0 Å². The Kier molecular flexibility index (Phi) is 2.50. The maximum atomic E-state index is 5.86. The molecule has 2 N–H and O–H groups in total. The van der Waals surface area contributed by atoms with Crippen LogP contribution in [0.25, 0.3) is 0 Å². The normalized spacial score (nSPS) is 31.9. The first-order chi connectivity index (χ1) is 7.83. The van der Waals surface area contributed by atoms with Crippen LogP contribution in [0.5, 0.6) is 5.75 Å². The van der Waals surface area contributed by atoms with Gasteiger partial charge in [0.1, 0.15) is 5.75 Å². The van der Waals surface area contributed by atoms with Crippen molar-refractivity contribution in [1.82, 2.24) is 0 Å². The summed E-state index contributed by atoms with van der Waals surface area (Å²) in [5, 5.41) is 0. The van der Waals surface area contributed by atoms with Gasteiger partial charge in [-0.05, 0) is 49.1 Å². The van der Waals surface area contributed by atoms with Gasteiger partial charge in [0.2, 0.25) is 0 Å². The number of ether oxygens (including phenoxy) is 1. The highest BCUT2D eigenvalue weighted by Gasteiger charge is 2.39. The van der Waals surface area contributed by atoms with E-state index in [4.69, 9.17) is 10.5 Å². The van der Waals surface area contributed by atoms with Gasteiger partial charge in [0, 0.05) is 0 Å². The summed E-state index contributed by atoms with van der Waals surface area (Å²) >= 11 is 0. The van der Waals surface area contributed by atoms with Gasteiger partial charge in [-0.15, -0.1) is 0 Å². The second-order valence-electron chi connectivity index (χ2n) is 5.28. The molecular weight excluding hydrogens is 198 g/mol. The van der Waals surface area contributed by atoms with E-state index in [1.54, 1.807) is 0 Å². The fourth-order valence-electron chi connectivity index (χ4n) is 3.39. The summed E-state index contributed by atoms with van der Waals surface area (Å²) in [6.07, 6.45) is 5.69. The lowest BCUT2D eigenvalue weighted by Gasteiger charge is -2.22. The molecule has 0 heterocycles. The second-order valence-corrected chi connectivity index (χ2v) is 5.28. The molecule has 0 radical (unpaired) electrons. The van der Waals surface area contributed by atoms with Crippen LogP contribution in [-0.2, 0) is 0 Å². The zero-order valence-corrected chi connectivity index (χ0v) is 9.56. The Morgan fingerprint density at radius 2 is 2.06 bits per heavy atom. The molecule has 3 rings (SSSR count). The van der Waals surface area contributed by atoms with Gasteiger partial charge in [0.25, 0.3) is 0 Å². The Morgan fingerprint density at radius 1 is 1.19 bits per heavy atom. The average Bonchev–Trinajstić information content (AvgIpc) is 2.90. The van der Waals surface area contributed by atoms with E-state index >= 15 is 0 Å². The van der Waals surface area contributed by atoms with E-state index in [2.05, 4.69) is 0 Å². The van der Waals surface area contributed by atoms with E-state index < -0.39 is 0 Å². The molecule has 0 aromatic heterocycles. The van der Waals surface area contributed by atoms with Crippen LogP contribution in [0.3, 0.4) is 0 Å². The molecule has 2 aliphatic rings. The number of hydrogen-bond acceptors (Lipinski definition) is 2. The third kappa shape index (κ3) is 1.77. The van der Waals surface area contributed by atoms with Crippen molar-refractivity contribution in [3.63, 3.8) is 0 Å². The number of fused-ring (bicyclic) bond motifs is 2. The Bertz CT molecular complexity index is 377. The molecule has 0 amide bonds. The maximum Gasteiger partial charge on any atom is 0.142 e. The van der Waals surface area contributed by atoms with Crippen molar-refractivity contribution < 1.29 is 4.74 Å². The molecule has 2 fully saturated rings. The monoisotopic (exact) mass is 217 g/mol. The number of anilines is 1. The van der Waals surface area contributed by atoms with Crippen LogP contribution in [0.2, 0.25) is 0 Å². The smallest absolute Gasteiger partial charge is 0.142 e. The number of para-hydroxylation sites is 2. The summed E-state index contributed by atoms with van der Waals surface area (Å²) in [5.41, 5.74) is 6.61. The van der Waals surface area contributed by atoms with E-state index in [0.717, 1.165) is 35.8 Å². The quantitative estimate of drug-likeness (QED) is 0.790. The van der Waals surface area contributed by atoms with Crippen LogP contribution >= 0.6 is 0 Å². The summed E-state index contributed by atoms with van der Waals surface area (Å²) < 4.78 is 5.85. The molecule has 0 aliphatic heterocycles. The van der Waals surface area contributed by atoms with Crippen molar-refractivity contribution in [2.75, 3.05) is 12.3 Å². The SMILES string of the molecule is Nc1ccccc1OCC1CC2CCC1C2. The summed E-state index contributed by atoms with van der Waals surface area (Å²) in [4.78, 5) is 0. The minimum absolute atomic E-state index is 0.755. The lowest BCUT2D eigenvalue weighted by atomic mass is 9.89. The fourth-order valence-corrected chi connectivity index (χ4v) is 3.39. The molecule has 16 heavy (non-hydrogen) atoms. The van der Waals surface area contributed by atoms with E-state index in [1.807, 2.05) is 24.3 Å². The van der Waals surface area contributed by atoms with Gasteiger partial charge < -0.3 is 10.5 Å². The van der Waals surface area contributed by atoms with E-state index in [9.17, 15) is 0 Å². The van der Waals surface area contributed by atoms with Gasteiger partial charge >= 0.3 is 0 Å². The highest BCUT2D eigenvalue weighted by atomic mass is 16.5. The van der Waals surface area contributed by atoms with Crippen LogP contribution in [-0.4, -0.2) is 6.61 Å². The average molecular weight is 217 g/mol. The molecule has 3 unspecified atom stereocenters. The highest BCUT2D eigenvalue weighted by molar-refractivity contribution is 5.51. The van der Waals surface area contributed by atoms with Crippen molar-refractivity contribution in [2.45, 2.75) is 25.7 Å². The first-order valence-electron chi connectivity index (χ1n) is 6.30. The van der Waals surface area contributed by atoms with E-state index in [1.165, 1.54) is 25.7 Å². The Hall–Kier alpha value is -1.18. The van der Waals surface area contributed by atoms with Gasteiger partial charge in [0.05, 0.1) is 12.3 Å².